The van der Waals surface area contributed by atoms with Gasteiger partial charge >= 0.3 is 0 Å². The lowest BCUT2D eigenvalue weighted by atomic mass is 10.1. The summed E-state index contributed by atoms with van der Waals surface area (Å²) in [4.78, 5) is 11.9. The quantitative estimate of drug-likeness (QED) is 0.574. The zero-order chi connectivity index (χ0) is 16.2. The molecule has 2 aromatic carbocycles. The molecule has 0 aliphatic heterocycles. The number of benzene rings is 2. The van der Waals surface area contributed by atoms with Gasteiger partial charge in [-0.3, -0.25) is 4.79 Å². The summed E-state index contributed by atoms with van der Waals surface area (Å²) in [5.41, 5.74) is 4.90. The van der Waals surface area contributed by atoms with Crippen molar-refractivity contribution in [2.24, 2.45) is 12.1 Å². The highest BCUT2D eigenvalue weighted by molar-refractivity contribution is 5.99. The average Bonchev–Trinajstić information content (AvgIpc) is 2.91. The van der Waals surface area contributed by atoms with Crippen LogP contribution < -0.4 is 5.43 Å². The number of hydrogen-bond acceptors (Lipinski definition) is 3. The molecule has 5 heteroatoms. The second-order valence-electron chi connectivity index (χ2n) is 5.26. The van der Waals surface area contributed by atoms with Gasteiger partial charge in [0.1, 0.15) is 0 Å². The van der Waals surface area contributed by atoms with E-state index in [2.05, 4.69) is 10.5 Å². The Bertz CT molecular complexity index is 853. The summed E-state index contributed by atoms with van der Waals surface area (Å²) in [7, 11) is 1.96. The van der Waals surface area contributed by atoms with E-state index in [4.69, 9.17) is 0 Å². The van der Waals surface area contributed by atoms with E-state index in [9.17, 15) is 9.90 Å². The van der Waals surface area contributed by atoms with E-state index in [0.29, 0.717) is 5.56 Å². The number of fused-ring (bicyclic) bond motifs is 1. The molecular weight excluding hydrogens is 290 g/mol. The van der Waals surface area contributed by atoms with Crippen LogP contribution >= 0.6 is 0 Å². The molecular formula is C18H17N3O2. The summed E-state index contributed by atoms with van der Waals surface area (Å²) in [6.07, 6.45) is 2.28. The van der Waals surface area contributed by atoms with Crippen molar-refractivity contribution < 1.29 is 9.90 Å². The number of hydrogen-bond donors (Lipinski definition) is 2. The predicted molar refractivity (Wildman–Crippen MR) is 90.1 cm³/mol. The molecule has 1 aromatic heterocycles. The Morgan fingerprint density at radius 2 is 1.87 bits per heavy atom. The van der Waals surface area contributed by atoms with E-state index in [1.165, 1.54) is 0 Å². The number of nitrogens with one attached hydrogen (secondary N) is 1. The molecule has 3 rings (SSSR count). The third-order valence-corrected chi connectivity index (χ3v) is 3.67. The molecule has 0 unspecified atom stereocenters. The van der Waals surface area contributed by atoms with Crippen LogP contribution in [-0.2, 0) is 11.8 Å². The fourth-order valence-corrected chi connectivity index (χ4v) is 2.49. The highest BCUT2D eigenvalue weighted by Crippen LogP contribution is 2.18. The molecule has 0 spiro atoms. The number of carbonyl (C=O) groups is 1. The lowest BCUT2D eigenvalue weighted by molar-refractivity contribution is -0.129. The molecule has 0 aliphatic carbocycles. The Labute approximate surface area is 133 Å². The van der Waals surface area contributed by atoms with E-state index in [0.717, 1.165) is 16.5 Å². The summed E-state index contributed by atoms with van der Waals surface area (Å²) in [5.74, 6) is -0.562. The third kappa shape index (κ3) is 3.14. The van der Waals surface area contributed by atoms with Crippen molar-refractivity contribution in [3.63, 3.8) is 0 Å². The van der Waals surface area contributed by atoms with Crippen molar-refractivity contribution in [2.45, 2.75) is 6.10 Å². The van der Waals surface area contributed by atoms with Gasteiger partial charge in [-0.25, -0.2) is 5.43 Å². The first-order valence-electron chi connectivity index (χ1n) is 7.27. The Morgan fingerprint density at radius 3 is 2.65 bits per heavy atom. The van der Waals surface area contributed by atoms with Gasteiger partial charge in [0.2, 0.25) is 0 Å². The van der Waals surface area contributed by atoms with E-state index in [1.54, 1.807) is 30.5 Å². The summed E-state index contributed by atoms with van der Waals surface area (Å²) in [5, 5.41) is 15.0. The van der Waals surface area contributed by atoms with Crippen LogP contribution in [0.2, 0.25) is 0 Å². The van der Waals surface area contributed by atoms with E-state index in [1.807, 2.05) is 48.1 Å². The number of hydrazone groups is 1. The van der Waals surface area contributed by atoms with Crippen molar-refractivity contribution in [1.29, 1.82) is 0 Å². The average molecular weight is 307 g/mol. The Balaban J connectivity index is 1.72. The van der Waals surface area contributed by atoms with Crippen LogP contribution in [0.5, 0.6) is 0 Å². The molecule has 1 amide bonds. The number of para-hydroxylation sites is 1. The number of aromatic nitrogens is 1. The molecule has 2 N–H and O–H groups in total. The molecule has 0 radical (unpaired) electrons. The van der Waals surface area contributed by atoms with Gasteiger partial charge in [-0.15, -0.1) is 0 Å². The number of nitrogens with zero attached hydrogens (tertiary/aromatic N) is 2. The zero-order valence-electron chi connectivity index (χ0n) is 12.7. The Morgan fingerprint density at radius 1 is 1.17 bits per heavy atom. The highest BCUT2D eigenvalue weighted by Gasteiger charge is 2.16. The Hall–Kier alpha value is -2.92. The van der Waals surface area contributed by atoms with Crippen molar-refractivity contribution >= 4 is 23.0 Å². The van der Waals surface area contributed by atoms with Crippen LogP contribution in [0, 0.1) is 0 Å². The number of aliphatic hydroxyl groups excluding tert-OH is 1. The van der Waals surface area contributed by atoms with Crippen molar-refractivity contribution in [3.05, 3.63) is 71.9 Å². The summed E-state index contributed by atoms with van der Waals surface area (Å²) < 4.78 is 2.00. The van der Waals surface area contributed by atoms with E-state index < -0.39 is 12.0 Å². The molecule has 0 saturated carbocycles. The van der Waals surface area contributed by atoms with Gasteiger partial charge in [-0.2, -0.15) is 5.10 Å². The van der Waals surface area contributed by atoms with Gasteiger partial charge in [0.15, 0.2) is 6.10 Å². The van der Waals surface area contributed by atoms with Gasteiger partial charge in [0.05, 0.1) is 6.21 Å². The second-order valence-corrected chi connectivity index (χ2v) is 5.26. The fourth-order valence-electron chi connectivity index (χ4n) is 2.49. The number of rotatable bonds is 4. The van der Waals surface area contributed by atoms with Gasteiger partial charge in [0, 0.05) is 29.7 Å². The third-order valence-electron chi connectivity index (χ3n) is 3.67. The smallest absolute Gasteiger partial charge is 0.273 e. The maximum absolute atomic E-state index is 11.9. The van der Waals surface area contributed by atoms with E-state index in [-0.39, 0.29) is 0 Å². The first-order chi connectivity index (χ1) is 11.2. The zero-order valence-corrected chi connectivity index (χ0v) is 12.7. The summed E-state index contributed by atoms with van der Waals surface area (Å²) >= 11 is 0. The summed E-state index contributed by atoms with van der Waals surface area (Å²) in [6.45, 7) is 0. The number of aryl methyl sites for hydroxylation is 1. The molecule has 1 atom stereocenters. The molecule has 1 heterocycles. The SMILES string of the molecule is Cn1cc(/C=N\NC(=O)[C@H](O)c2ccccc2)c2ccccc21. The molecule has 0 fully saturated rings. The molecule has 116 valence electrons. The van der Waals surface area contributed by atoms with Gasteiger partial charge in [-0.1, -0.05) is 48.5 Å². The number of aliphatic hydroxyl groups is 1. The molecule has 23 heavy (non-hydrogen) atoms. The van der Waals surface area contributed by atoms with Crippen LogP contribution in [0.15, 0.2) is 65.9 Å². The summed E-state index contributed by atoms with van der Waals surface area (Å²) in [6, 6.07) is 16.7. The maximum Gasteiger partial charge on any atom is 0.273 e. The van der Waals surface area contributed by atoms with Gasteiger partial charge < -0.3 is 9.67 Å². The lowest BCUT2D eigenvalue weighted by Crippen LogP contribution is -2.25. The first-order valence-corrected chi connectivity index (χ1v) is 7.27. The molecule has 0 saturated heterocycles. The van der Waals surface area contributed by atoms with Crippen LogP contribution in [0.1, 0.15) is 17.2 Å². The predicted octanol–water partition coefficient (Wildman–Crippen LogP) is 2.36. The highest BCUT2D eigenvalue weighted by atomic mass is 16.3. The van der Waals surface area contributed by atoms with Crippen LogP contribution in [0.25, 0.3) is 10.9 Å². The standard InChI is InChI=1S/C18H17N3O2/c1-21-12-14(15-9-5-6-10-16(15)21)11-19-20-18(23)17(22)13-7-3-2-4-8-13/h2-12,17,22H,1H3,(H,20,23)/b19-11-/t17-/m1/s1. The number of amides is 1. The second kappa shape index (κ2) is 6.46. The minimum Gasteiger partial charge on any atom is -0.378 e. The van der Waals surface area contributed by atoms with Crippen LogP contribution in [-0.4, -0.2) is 21.8 Å². The Kier molecular flexibility index (Phi) is 4.21. The minimum absolute atomic E-state index is 0.533. The maximum atomic E-state index is 11.9. The van der Waals surface area contributed by atoms with Crippen molar-refractivity contribution in [3.8, 4) is 0 Å². The van der Waals surface area contributed by atoms with Crippen molar-refractivity contribution in [2.75, 3.05) is 0 Å². The largest absolute Gasteiger partial charge is 0.378 e. The lowest BCUT2D eigenvalue weighted by Gasteiger charge is -2.08. The normalized spacial score (nSPS) is 12.6. The molecule has 0 aliphatic rings. The number of carbonyl (C=O) groups excluding carboxylic acids is 1. The van der Waals surface area contributed by atoms with Crippen LogP contribution in [0.4, 0.5) is 0 Å². The van der Waals surface area contributed by atoms with E-state index >= 15 is 0 Å². The topological polar surface area (TPSA) is 66.6 Å². The molecule has 5 nitrogen and oxygen atoms in total. The van der Waals surface area contributed by atoms with Crippen LogP contribution in [0.3, 0.4) is 0 Å². The van der Waals surface area contributed by atoms with Gasteiger partial charge in [-0.05, 0) is 11.6 Å². The first kappa shape index (κ1) is 15.0. The fraction of sp³-hybridized carbons (Fsp3) is 0.111. The molecule has 0 bridgehead atoms. The monoisotopic (exact) mass is 307 g/mol. The van der Waals surface area contributed by atoms with Crippen molar-refractivity contribution in [1.82, 2.24) is 9.99 Å². The molecule has 3 aromatic rings. The minimum atomic E-state index is -1.24. The van der Waals surface area contributed by atoms with Gasteiger partial charge in [0.25, 0.3) is 5.91 Å².